The fourth-order valence-corrected chi connectivity index (χ4v) is 3.83. The van der Waals surface area contributed by atoms with Gasteiger partial charge < -0.3 is 15.0 Å². The summed E-state index contributed by atoms with van der Waals surface area (Å²) in [5.74, 6) is -3.50. The molecule has 5 rings (SSSR count). The van der Waals surface area contributed by atoms with Crippen LogP contribution in [0.5, 0.6) is 11.8 Å². The van der Waals surface area contributed by atoms with Gasteiger partial charge in [0.05, 0.1) is 11.9 Å². The summed E-state index contributed by atoms with van der Waals surface area (Å²) < 4.78 is 34.0. The van der Waals surface area contributed by atoms with E-state index in [2.05, 4.69) is 30.2 Å². The number of pyridine rings is 1. The average molecular weight is 439 g/mol. The van der Waals surface area contributed by atoms with Crippen molar-refractivity contribution in [3.8, 4) is 11.8 Å². The number of ether oxygens (including phenoxy) is 1. The summed E-state index contributed by atoms with van der Waals surface area (Å²) in [4.78, 5) is 33.6. The number of carbonyl (C=O) groups excluding carboxylic acids is 1. The molecule has 1 fully saturated rings. The van der Waals surface area contributed by atoms with Crippen LogP contribution in [0.2, 0.25) is 0 Å². The van der Waals surface area contributed by atoms with Crippen molar-refractivity contribution in [3.05, 3.63) is 48.3 Å². The number of alkyl halides is 2. The Morgan fingerprint density at radius 1 is 1.16 bits per heavy atom. The van der Waals surface area contributed by atoms with Crippen molar-refractivity contribution >= 4 is 23.2 Å². The predicted octanol–water partition coefficient (Wildman–Crippen LogP) is 3.71. The molecule has 0 unspecified atom stereocenters. The Bertz CT molecular complexity index is 1200. The Kier molecular flexibility index (Phi) is 4.50. The molecule has 0 bridgehead atoms. The highest BCUT2D eigenvalue weighted by molar-refractivity contribution is 5.89. The van der Waals surface area contributed by atoms with Crippen LogP contribution >= 0.6 is 0 Å². The van der Waals surface area contributed by atoms with Gasteiger partial charge in [0.15, 0.2) is 0 Å². The second-order valence-corrected chi connectivity index (χ2v) is 8.06. The number of hydrogen-bond acceptors (Lipinski definition) is 8. The summed E-state index contributed by atoms with van der Waals surface area (Å²) in [5, 5.41) is 2.66. The molecule has 0 aromatic carbocycles. The summed E-state index contributed by atoms with van der Waals surface area (Å²) in [7, 11) is 0. The predicted molar refractivity (Wildman–Crippen MR) is 110 cm³/mol. The van der Waals surface area contributed by atoms with Crippen LogP contribution in [0.25, 0.3) is 0 Å². The van der Waals surface area contributed by atoms with Crippen molar-refractivity contribution < 1.29 is 18.3 Å². The van der Waals surface area contributed by atoms with Crippen molar-refractivity contribution in [1.82, 2.24) is 24.9 Å². The maximum Gasteiger partial charge on any atom is 0.304 e. The number of carbonyl (C=O) groups is 1. The number of nitrogens with zero attached hydrogens (tertiary/aromatic N) is 6. The summed E-state index contributed by atoms with van der Waals surface area (Å²) in [6, 6.07) is 3.23. The number of fused-ring (bicyclic) bond motifs is 2. The van der Waals surface area contributed by atoms with Crippen LogP contribution in [-0.4, -0.2) is 37.4 Å². The monoisotopic (exact) mass is 439 g/mol. The molecule has 0 saturated heterocycles. The zero-order chi connectivity index (χ0) is 22.5. The van der Waals surface area contributed by atoms with Crippen LogP contribution < -0.4 is 15.0 Å². The van der Waals surface area contributed by atoms with Crippen LogP contribution in [0.4, 0.5) is 26.1 Å². The highest BCUT2D eigenvalue weighted by Crippen LogP contribution is 2.58. The Morgan fingerprint density at radius 3 is 2.62 bits per heavy atom. The molecule has 3 aromatic rings. The van der Waals surface area contributed by atoms with Crippen LogP contribution in [0.1, 0.15) is 38.1 Å². The number of nitrogens with one attached hydrogen (secondary N) is 1. The van der Waals surface area contributed by atoms with Gasteiger partial charge in [-0.25, -0.2) is 15.0 Å². The molecule has 4 heterocycles. The molecule has 164 valence electrons. The Morgan fingerprint density at radius 2 is 1.97 bits per heavy atom. The third-order valence-electron chi connectivity index (χ3n) is 5.47. The topological polar surface area (TPSA) is 106 Å². The van der Waals surface area contributed by atoms with Crippen LogP contribution in [0.3, 0.4) is 0 Å². The average Bonchev–Trinajstić information content (AvgIpc) is 3.44. The molecule has 1 aliphatic heterocycles. The number of rotatable bonds is 5. The molecule has 32 heavy (non-hydrogen) atoms. The largest absolute Gasteiger partial charge is 0.419 e. The minimum Gasteiger partial charge on any atom is -0.419 e. The Hall–Kier alpha value is -3.76. The highest BCUT2D eigenvalue weighted by atomic mass is 19.3. The maximum atomic E-state index is 14.2. The van der Waals surface area contributed by atoms with Gasteiger partial charge in [-0.3, -0.25) is 9.78 Å². The van der Waals surface area contributed by atoms with E-state index in [1.54, 1.807) is 12.3 Å². The van der Waals surface area contributed by atoms with E-state index in [9.17, 15) is 13.6 Å². The molecule has 1 N–H and O–H groups in total. The van der Waals surface area contributed by atoms with Gasteiger partial charge in [-0.05, 0) is 12.8 Å². The van der Waals surface area contributed by atoms with Gasteiger partial charge in [0.1, 0.15) is 11.6 Å². The van der Waals surface area contributed by atoms with Crippen LogP contribution in [-0.2, 0) is 16.1 Å². The van der Waals surface area contributed by atoms with Crippen molar-refractivity contribution in [2.45, 2.75) is 38.0 Å². The summed E-state index contributed by atoms with van der Waals surface area (Å²) in [6.45, 7) is 2.69. The fourth-order valence-electron chi connectivity index (χ4n) is 3.83. The highest BCUT2D eigenvalue weighted by Gasteiger charge is 2.53. The third-order valence-corrected chi connectivity index (χ3v) is 5.47. The first kappa shape index (κ1) is 20.2. The van der Waals surface area contributed by atoms with E-state index in [4.69, 9.17) is 4.74 Å². The third kappa shape index (κ3) is 3.70. The normalized spacial score (nSPS) is 16.1. The molecular weight excluding hydrogens is 420 g/mol. The van der Waals surface area contributed by atoms with E-state index < -0.39 is 11.7 Å². The summed E-state index contributed by atoms with van der Waals surface area (Å²) in [6.07, 6.45) is 7.92. The lowest BCUT2D eigenvalue weighted by atomic mass is 10.0. The molecule has 0 radical (unpaired) electrons. The van der Waals surface area contributed by atoms with E-state index in [-0.39, 0.29) is 28.9 Å². The molecule has 1 aliphatic carbocycles. The summed E-state index contributed by atoms with van der Waals surface area (Å²) >= 11 is 0. The van der Waals surface area contributed by atoms with Gasteiger partial charge in [0.25, 0.3) is 0 Å². The molecule has 1 saturated carbocycles. The number of hydrogen-bond donors (Lipinski definition) is 1. The number of anilines is 3. The number of halogens is 2. The van der Waals surface area contributed by atoms with Gasteiger partial charge in [-0.1, -0.05) is 0 Å². The minimum atomic E-state index is -3.28. The summed E-state index contributed by atoms with van der Waals surface area (Å²) in [5.41, 5.74) is 1.67. The number of aromatic nitrogens is 5. The van der Waals surface area contributed by atoms with Gasteiger partial charge in [-0.2, -0.15) is 13.8 Å². The standard InChI is InChI=1S/C21H19F2N7O2/c1-12(31)27-15-7-14-13(9-26-15)21(3-4-21)11-30(14)16-8-17(29-19(28-16)20(2,22)23)32-18-10-24-5-6-25-18/h5-10H,3-4,11H2,1-2H3,(H,26,27,31). The van der Waals surface area contributed by atoms with Crippen molar-refractivity contribution in [3.63, 3.8) is 0 Å². The van der Waals surface area contributed by atoms with E-state index in [0.29, 0.717) is 12.4 Å². The van der Waals surface area contributed by atoms with E-state index >= 15 is 0 Å². The Labute approximate surface area is 181 Å². The SMILES string of the molecule is CC(=O)Nc1cc2c(cn1)C1(CC1)CN2c1cc(Oc2cnccn2)nc(C(C)(F)F)n1. The molecule has 2 aliphatic rings. The first-order valence-corrected chi connectivity index (χ1v) is 10.0. The van der Waals surface area contributed by atoms with Gasteiger partial charge in [0, 0.05) is 62.1 Å². The lowest BCUT2D eigenvalue weighted by Gasteiger charge is -2.21. The van der Waals surface area contributed by atoms with Gasteiger partial charge >= 0.3 is 5.92 Å². The molecule has 11 heteroatoms. The van der Waals surface area contributed by atoms with Crippen molar-refractivity contribution in [2.24, 2.45) is 0 Å². The van der Waals surface area contributed by atoms with E-state index in [1.165, 1.54) is 31.6 Å². The van der Waals surface area contributed by atoms with Crippen LogP contribution in [0, 0.1) is 0 Å². The first-order chi connectivity index (χ1) is 15.2. The molecule has 1 amide bonds. The lowest BCUT2D eigenvalue weighted by molar-refractivity contribution is -0.114. The van der Waals surface area contributed by atoms with Crippen LogP contribution in [0.15, 0.2) is 36.9 Å². The van der Waals surface area contributed by atoms with E-state index in [1.807, 2.05) is 4.90 Å². The van der Waals surface area contributed by atoms with Crippen molar-refractivity contribution in [1.29, 1.82) is 0 Å². The quantitative estimate of drug-likeness (QED) is 0.641. The molecular formula is C21H19F2N7O2. The second kappa shape index (κ2) is 7.14. The maximum absolute atomic E-state index is 14.2. The molecule has 1 spiro atoms. The molecule has 0 atom stereocenters. The Balaban J connectivity index is 1.59. The van der Waals surface area contributed by atoms with E-state index in [0.717, 1.165) is 31.0 Å². The first-order valence-electron chi connectivity index (χ1n) is 10.0. The number of amides is 1. The molecule has 3 aromatic heterocycles. The van der Waals surface area contributed by atoms with Crippen molar-refractivity contribution in [2.75, 3.05) is 16.8 Å². The second-order valence-electron chi connectivity index (χ2n) is 8.06. The fraction of sp³-hybridized carbons (Fsp3) is 0.333. The smallest absolute Gasteiger partial charge is 0.304 e. The van der Waals surface area contributed by atoms with Gasteiger partial charge in [0.2, 0.25) is 23.5 Å². The molecule has 9 nitrogen and oxygen atoms in total. The zero-order valence-corrected chi connectivity index (χ0v) is 17.3. The minimum absolute atomic E-state index is 0.0681. The lowest BCUT2D eigenvalue weighted by Crippen LogP contribution is -2.22. The zero-order valence-electron chi connectivity index (χ0n) is 17.3. The van der Waals surface area contributed by atoms with Gasteiger partial charge in [-0.15, -0.1) is 0 Å².